The van der Waals surface area contributed by atoms with Crippen LogP contribution in [0.3, 0.4) is 0 Å². The highest BCUT2D eigenvalue weighted by Gasteiger charge is 2.30. The minimum atomic E-state index is -4.44. The van der Waals surface area contributed by atoms with Crippen LogP contribution >= 0.6 is 0 Å². The van der Waals surface area contributed by atoms with E-state index in [1.807, 2.05) is 12.1 Å². The Morgan fingerprint density at radius 3 is 2.41 bits per heavy atom. The number of fused-ring (bicyclic) bond motifs is 1. The van der Waals surface area contributed by atoms with Gasteiger partial charge < -0.3 is 20.5 Å². The third-order valence-corrected chi connectivity index (χ3v) is 6.10. The van der Waals surface area contributed by atoms with Crippen molar-refractivity contribution in [2.45, 2.75) is 12.7 Å². The molecule has 5 rings (SSSR count). The number of halogens is 4. The lowest BCUT2D eigenvalue weighted by molar-refractivity contribution is -0.137. The summed E-state index contributed by atoms with van der Waals surface area (Å²) in [6.45, 7) is 3.68. The summed E-state index contributed by atoms with van der Waals surface area (Å²) in [6, 6.07) is 10.5. The molecule has 1 aromatic carbocycles. The highest BCUT2D eigenvalue weighted by atomic mass is 19.4. The van der Waals surface area contributed by atoms with Crippen LogP contribution in [0.2, 0.25) is 0 Å². The van der Waals surface area contributed by atoms with Crippen LogP contribution in [-0.2, 0) is 12.7 Å². The van der Waals surface area contributed by atoms with Crippen molar-refractivity contribution in [2.75, 3.05) is 41.7 Å². The highest BCUT2D eigenvalue weighted by molar-refractivity contribution is 6.05. The SMILES string of the molecule is O=C(Nc1ccc(C(F)(F)F)cc1)Nc1c[nH]c2ccc(N3CCN(Cc4ccc(F)cn4)CC3)nc12. The fourth-order valence-corrected chi connectivity index (χ4v) is 4.15. The molecule has 1 aliphatic heterocycles. The zero-order valence-electron chi connectivity index (χ0n) is 19.5. The lowest BCUT2D eigenvalue weighted by atomic mass is 10.2. The minimum absolute atomic E-state index is 0.229. The lowest BCUT2D eigenvalue weighted by Crippen LogP contribution is -2.46. The fourth-order valence-electron chi connectivity index (χ4n) is 4.15. The number of amides is 2. The van der Waals surface area contributed by atoms with Gasteiger partial charge >= 0.3 is 12.2 Å². The highest BCUT2D eigenvalue weighted by Crippen LogP contribution is 2.30. The van der Waals surface area contributed by atoms with Crippen LogP contribution in [0.25, 0.3) is 11.0 Å². The molecule has 4 heterocycles. The first-order valence-corrected chi connectivity index (χ1v) is 11.6. The first-order valence-electron chi connectivity index (χ1n) is 11.6. The molecular formula is C25H23F4N7O. The largest absolute Gasteiger partial charge is 0.416 e. The van der Waals surface area contributed by atoms with Gasteiger partial charge in [0.2, 0.25) is 0 Å². The summed E-state index contributed by atoms with van der Waals surface area (Å²) in [5.41, 5.74) is 1.99. The Hall–Kier alpha value is -4.19. The van der Waals surface area contributed by atoms with Crippen LogP contribution in [0.4, 0.5) is 39.5 Å². The molecule has 0 spiro atoms. The normalized spacial score (nSPS) is 14.6. The van der Waals surface area contributed by atoms with Crippen molar-refractivity contribution < 1.29 is 22.4 Å². The van der Waals surface area contributed by atoms with Crippen LogP contribution in [0, 0.1) is 5.82 Å². The molecule has 192 valence electrons. The standard InChI is InChI=1S/C25H23F4N7O/c26-17-3-6-19(30-13-17)15-35-9-11-36(12-10-35)22-8-7-20-23(34-22)21(14-31-20)33-24(37)32-18-4-1-16(2-5-18)25(27,28)29/h1-8,13-14,31H,9-12,15H2,(H2,32,33,37). The number of alkyl halides is 3. The maximum absolute atomic E-state index is 13.1. The van der Waals surface area contributed by atoms with Crippen LogP contribution in [-0.4, -0.2) is 52.1 Å². The number of anilines is 3. The van der Waals surface area contributed by atoms with Crippen molar-refractivity contribution in [1.82, 2.24) is 19.9 Å². The zero-order valence-corrected chi connectivity index (χ0v) is 19.5. The number of nitrogens with one attached hydrogen (secondary N) is 3. The maximum Gasteiger partial charge on any atom is 0.416 e. The van der Waals surface area contributed by atoms with Crippen LogP contribution in [0.15, 0.2) is 60.9 Å². The number of carbonyl (C=O) groups is 1. The molecule has 0 aliphatic carbocycles. The zero-order chi connectivity index (χ0) is 26.0. The van der Waals surface area contributed by atoms with Crippen molar-refractivity contribution in [3.63, 3.8) is 0 Å². The van der Waals surface area contributed by atoms with E-state index in [1.165, 1.54) is 24.4 Å². The van der Waals surface area contributed by atoms with Crippen molar-refractivity contribution in [1.29, 1.82) is 0 Å². The lowest BCUT2D eigenvalue weighted by Gasteiger charge is -2.35. The van der Waals surface area contributed by atoms with E-state index < -0.39 is 17.8 Å². The van der Waals surface area contributed by atoms with Gasteiger partial charge in [-0.2, -0.15) is 13.2 Å². The molecule has 1 fully saturated rings. The van der Waals surface area contributed by atoms with E-state index in [9.17, 15) is 22.4 Å². The van der Waals surface area contributed by atoms with Gasteiger partial charge in [0.1, 0.15) is 17.2 Å². The number of pyridine rings is 2. The average Bonchev–Trinajstić information content (AvgIpc) is 3.27. The maximum atomic E-state index is 13.1. The summed E-state index contributed by atoms with van der Waals surface area (Å²) in [4.78, 5) is 28.8. The molecule has 0 radical (unpaired) electrons. The topological polar surface area (TPSA) is 89.2 Å². The summed E-state index contributed by atoms with van der Waals surface area (Å²) >= 11 is 0. The molecule has 3 aromatic heterocycles. The Labute approximate surface area is 209 Å². The molecule has 0 atom stereocenters. The van der Waals surface area contributed by atoms with E-state index in [0.29, 0.717) is 17.7 Å². The molecule has 3 N–H and O–H groups in total. The second kappa shape index (κ2) is 10.1. The van der Waals surface area contributed by atoms with Gasteiger partial charge in [0.15, 0.2) is 0 Å². The molecule has 0 bridgehead atoms. The molecule has 8 nitrogen and oxygen atoms in total. The number of carbonyl (C=O) groups excluding carboxylic acids is 1. The number of aromatic nitrogens is 3. The van der Waals surface area contributed by atoms with E-state index in [0.717, 1.165) is 55.3 Å². The summed E-state index contributed by atoms with van der Waals surface area (Å²) in [5, 5.41) is 5.23. The molecule has 4 aromatic rings. The Bertz CT molecular complexity index is 1380. The molecule has 12 heteroatoms. The van der Waals surface area contributed by atoms with Crippen LogP contribution < -0.4 is 15.5 Å². The van der Waals surface area contributed by atoms with Gasteiger partial charge in [-0.05, 0) is 48.5 Å². The van der Waals surface area contributed by atoms with Gasteiger partial charge in [-0.25, -0.2) is 14.2 Å². The second-order valence-electron chi connectivity index (χ2n) is 8.65. The Morgan fingerprint density at radius 1 is 0.973 bits per heavy atom. The van der Waals surface area contributed by atoms with Gasteiger partial charge in [-0.1, -0.05) is 0 Å². The fraction of sp³-hybridized carbons (Fsp3) is 0.240. The quantitative estimate of drug-likeness (QED) is 0.324. The number of hydrogen-bond acceptors (Lipinski definition) is 5. The van der Waals surface area contributed by atoms with E-state index in [1.54, 1.807) is 12.3 Å². The Morgan fingerprint density at radius 2 is 1.73 bits per heavy atom. The number of hydrogen-bond donors (Lipinski definition) is 3. The average molecular weight is 513 g/mol. The van der Waals surface area contributed by atoms with Gasteiger partial charge in [0.05, 0.1) is 28.7 Å². The predicted molar refractivity (Wildman–Crippen MR) is 132 cm³/mol. The summed E-state index contributed by atoms with van der Waals surface area (Å²) in [6.07, 6.45) is -1.61. The summed E-state index contributed by atoms with van der Waals surface area (Å²) < 4.78 is 51.3. The van der Waals surface area contributed by atoms with E-state index >= 15 is 0 Å². The minimum Gasteiger partial charge on any atom is -0.358 e. The van der Waals surface area contributed by atoms with Crippen molar-refractivity contribution in [2.24, 2.45) is 0 Å². The Balaban J connectivity index is 1.21. The molecule has 0 unspecified atom stereocenters. The van der Waals surface area contributed by atoms with E-state index in [4.69, 9.17) is 4.98 Å². The molecular weight excluding hydrogens is 490 g/mol. The summed E-state index contributed by atoms with van der Waals surface area (Å²) in [5.74, 6) is 0.406. The molecule has 1 aliphatic rings. The molecule has 2 amide bonds. The monoisotopic (exact) mass is 513 g/mol. The van der Waals surface area contributed by atoms with Crippen LogP contribution in [0.5, 0.6) is 0 Å². The first kappa shape index (κ1) is 24.5. The van der Waals surface area contributed by atoms with Crippen LogP contribution in [0.1, 0.15) is 11.3 Å². The van der Waals surface area contributed by atoms with E-state index in [-0.39, 0.29) is 11.5 Å². The van der Waals surface area contributed by atoms with Crippen molar-refractivity contribution in [3.05, 3.63) is 78.0 Å². The second-order valence-corrected chi connectivity index (χ2v) is 8.65. The number of aromatic amines is 1. The number of nitrogens with zero attached hydrogens (tertiary/aromatic N) is 4. The smallest absolute Gasteiger partial charge is 0.358 e. The molecule has 1 saturated heterocycles. The van der Waals surface area contributed by atoms with E-state index in [2.05, 4.69) is 30.4 Å². The first-order chi connectivity index (χ1) is 17.7. The number of H-pyrrole nitrogens is 1. The number of urea groups is 1. The third kappa shape index (κ3) is 5.80. The molecule has 37 heavy (non-hydrogen) atoms. The molecule has 0 saturated carbocycles. The van der Waals surface area contributed by atoms with Gasteiger partial charge in [0, 0.05) is 44.6 Å². The Kier molecular flexibility index (Phi) is 6.66. The summed E-state index contributed by atoms with van der Waals surface area (Å²) in [7, 11) is 0. The van der Waals surface area contributed by atoms with Gasteiger partial charge in [-0.15, -0.1) is 0 Å². The number of piperazine rings is 1. The third-order valence-electron chi connectivity index (χ3n) is 6.10. The number of benzene rings is 1. The predicted octanol–water partition coefficient (Wildman–Crippen LogP) is 5.08. The van der Waals surface area contributed by atoms with Crippen molar-refractivity contribution in [3.8, 4) is 0 Å². The number of rotatable bonds is 5. The van der Waals surface area contributed by atoms with Crippen molar-refractivity contribution >= 4 is 34.3 Å². The van der Waals surface area contributed by atoms with Gasteiger partial charge in [0.25, 0.3) is 0 Å². The van der Waals surface area contributed by atoms with Gasteiger partial charge in [-0.3, -0.25) is 9.88 Å².